The number of fused-ring (bicyclic) bond motifs is 2. The highest BCUT2D eigenvalue weighted by molar-refractivity contribution is 7.68. The van der Waals surface area contributed by atoms with E-state index in [4.69, 9.17) is 34.9 Å². The first-order chi connectivity index (χ1) is 26.9. The number of rotatable bonds is 16. The summed E-state index contributed by atoms with van der Waals surface area (Å²) in [7, 11) is -19.8. The standard InChI is InChI=1S/C23H34N10O21P4/c1-31-6-33(17-11(31)19(37)30-23(25)28-17)20-13(35)12(34)8(50-20)4-49-57(43,44)54-58(45,46)53-55(38,39)7-48-3-9-14(52-56(40,41)42)15(47-2)21(51-9)32-5-26-10-16(32)27-22(24)29-18(10)36/h5-6,8-9,12-15,20-21,34-35H,3-4,7H2,1-2H3,(H10-,24,25,27,28,29,30,36,37,38,39,40,41,42,43,44,45,46)/p+1/t8-,9-,12-,13-,14-,15-,20-,21-/m1/s1. The molecule has 35 heteroatoms. The number of aryl methyl sites for hydroxylation is 1. The van der Waals surface area contributed by atoms with Crippen molar-refractivity contribution in [3.63, 3.8) is 0 Å². The monoisotopic (exact) mass is 911 g/mol. The van der Waals surface area contributed by atoms with Gasteiger partial charge in [0.1, 0.15) is 43.0 Å². The van der Waals surface area contributed by atoms with Crippen molar-refractivity contribution in [2.75, 3.05) is 38.1 Å². The van der Waals surface area contributed by atoms with Crippen LogP contribution in [0.5, 0.6) is 0 Å². The Kier molecular flexibility index (Phi) is 12.4. The topological polar surface area (TPSA) is 454 Å². The summed E-state index contributed by atoms with van der Waals surface area (Å²) >= 11 is 0. The third-order valence-corrected chi connectivity index (χ3v) is 13.3. The largest absolute Gasteiger partial charge is 0.488 e. The van der Waals surface area contributed by atoms with Crippen molar-refractivity contribution >= 4 is 65.3 Å². The van der Waals surface area contributed by atoms with Gasteiger partial charge in [-0.15, -0.1) is 0 Å². The molecule has 6 heterocycles. The Bertz CT molecular complexity index is 2510. The second-order valence-corrected chi connectivity index (χ2v) is 18.6. The van der Waals surface area contributed by atoms with Crippen LogP contribution in [-0.4, -0.2) is 132 Å². The third-order valence-electron chi connectivity index (χ3n) is 8.32. The number of methoxy groups -OCH3 is 1. The van der Waals surface area contributed by atoms with Crippen LogP contribution in [0.4, 0.5) is 11.9 Å². The Hall–Kier alpha value is -3.38. The summed E-state index contributed by atoms with van der Waals surface area (Å²) in [4.78, 5) is 90.5. The molecular formula is C23H35N10O21P4+. The zero-order chi connectivity index (χ0) is 42.7. The van der Waals surface area contributed by atoms with Crippen molar-refractivity contribution in [3.05, 3.63) is 33.4 Å². The van der Waals surface area contributed by atoms with E-state index in [1.807, 2.05) is 0 Å². The molecule has 322 valence electrons. The summed E-state index contributed by atoms with van der Waals surface area (Å²) in [5.74, 6) is -0.611. The number of phosphoric acid groups is 3. The third kappa shape index (κ3) is 9.48. The maximum Gasteiger partial charge on any atom is 0.488 e. The van der Waals surface area contributed by atoms with Crippen molar-refractivity contribution in [2.24, 2.45) is 7.05 Å². The Labute approximate surface area is 321 Å². The molecule has 0 aromatic carbocycles. The number of hydrogen-bond acceptors (Lipinski definition) is 21. The zero-order valence-electron chi connectivity index (χ0n) is 29.4. The van der Waals surface area contributed by atoms with Crippen LogP contribution in [0.1, 0.15) is 12.5 Å². The number of aliphatic hydroxyl groups excluding tert-OH is 2. The molecule has 13 N–H and O–H groups in total. The van der Waals surface area contributed by atoms with E-state index in [0.717, 1.165) is 22.6 Å². The molecule has 2 fully saturated rings. The van der Waals surface area contributed by atoms with Crippen LogP contribution in [0.3, 0.4) is 0 Å². The van der Waals surface area contributed by atoms with E-state index in [1.54, 1.807) is 0 Å². The van der Waals surface area contributed by atoms with Gasteiger partial charge in [-0.2, -0.15) is 9.29 Å². The predicted octanol–water partition coefficient (Wildman–Crippen LogP) is -3.73. The molecule has 4 aromatic rings. The Morgan fingerprint density at radius 3 is 2.24 bits per heavy atom. The lowest BCUT2D eigenvalue weighted by Crippen LogP contribution is -2.46. The average molecular weight is 911 g/mol. The van der Waals surface area contributed by atoms with E-state index in [9.17, 15) is 62.5 Å². The van der Waals surface area contributed by atoms with E-state index >= 15 is 0 Å². The van der Waals surface area contributed by atoms with Gasteiger partial charge in [-0.1, -0.05) is 4.98 Å². The van der Waals surface area contributed by atoms with E-state index in [0.29, 0.717) is 0 Å². The first-order valence-electron chi connectivity index (χ1n) is 15.9. The lowest BCUT2D eigenvalue weighted by molar-refractivity contribution is -0.745. The second kappa shape index (κ2) is 16.2. The fraction of sp³-hybridized carbons (Fsp3) is 0.565. The van der Waals surface area contributed by atoms with E-state index in [-0.39, 0.29) is 34.2 Å². The molecule has 3 unspecified atom stereocenters. The molecule has 0 amide bonds. The maximum atomic E-state index is 12.7. The summed E-state index contributed by atoms with van der Waals surface area (Å²) in [6, 6.07) is 0. The fourth-order valence-corrected chi connectivity index (χ4v) is 10.4. The molecule has 2 aliphatic heterocycles. The van der Waals surface area contributed by atoms with Crippen LogP contribution in [0.25, 0.3) is 22.3 Å². The SMILES string of the molecule is CO[C@@H]1[C@H](OP(=O)(O)O)[C@@H](COCP(=O)(O)OP(=O)(O)OP(=O)(O)OC[C@H]2O[C@@H]([n+]3cn(C)c4c(=O)[nH]c(N)nc43)[C@H](O)[C@@H]2O)O[C@H]1n1cnc2c(=O)[nH]c(N)nc21. The van der Waals surface area contributed by atoms with Gasteiger partial charge in [0.25, 0.3) is 17.1 Å². The highest BCUT2D eigenvalue weighted by Gasteiger charge is 2.51. The van der Waals surface area contributed by atoms with Crippen LogP contribution < -0.4 is 27.2 Å². The minimum atomic E-state index is -5.99. The van der Waals surface area contributed by atoms with Gasteiger partial charge in [0.05, 0.1) is 26.6 Å². The highest BCUT2D eigenvalue weighted by Crippen LogP contribution is 2.67. The van der Waals surface area contributed by atoms with Crippen molar-refractivity contribution < 1.29 is 94.1 Å². The van der Waals surface area contributed by atoms with E-state index < -0.39 is 111 Å². The van der Waals surface area contributed by atoms with Crippen molar-refractivity contribution in [1.29, 1.82) is 0 Å². The lowest BCUT2D eigenvalue weighted by Gasteiger charge is -2.24. The summed E-state index contributed by atoms with van der Waals surface area (Å²) < 4.78 is 92.8. The minimum Gasteiger partial charge on any atom is -0.387 e. The first-order valence-corrected chi connectivity index (χ1v) is 22.2. The van der Waals surface area contributed by atoms with Gasteiger partial charge >= 0.3 is 36.7 Å². The number of imidazole rings is 2. The smallest absolute Gasteiger partial charge is 0.387 e. The highest BCUT2D eigenvalue weighted by atomic mass is 31.3. The van der Waals surface area contributed by atoms with Crippen LogP contribution in [0, 0.1) is 0 Å². The molecule has 2 aliphatic rings. The Balaban J connectivity index is 1.07. The normalized spacial score (nSPS) is 28.5. The summed E-state index contributed by atoms with van der Waals surface area (Å²) in [6.45, 7) is -1.95. The van der Waals surface area contributed by atoms with Crippen molar-refractivity contribution in [3.8, 4) is 0 Å². The average Bonchev–Trinajstić information content (AvgIpc) is 3.81. The summed E-state index contributed by atoms with van der Waals surface area (Å²) in [5, 5.41) is 21.2. The summed E-state index contributed by atoms with van der Waals surface area (Å²) in [6.07, 6.45) is -11.8. The number of ether oxygens (including phenoxy) is 4. The Morgan fingerprint density at radius 2 is 1.57 bits per heavy atom. The van der Waals surface area contributed by atoms with Gasteiger partial charge in [-0.05, 0) is 0 Å². The molecule has 0 radical (unpaired) electrons. The quantitative estimate of drug-likeness (QED) is 0.0380. The number of H-pyrrole nitrogens is 2. The number of anilines is 2. The predicted molar refractivity (Wildman–Crippen MR) is 184 cm³/mol. The molecule has 0 bridgehead atoms. The number of phosphoric ester groups is 2. The Morgan fingerprint density at radius 1 is 0.897 bits per heavy atom. The number of nitrogens with zero attached hydrogens (tertiary/aromatic N) is 6. The molecule has 6 rings (SSSR count). The number of nitrogens with two attached hydrogens (primary N) is 2. The maximum absolute atomic E-state index is 12.7. The first kappa shape index (κ1) is 44.2. The van der Waals surface area contributed by atoms with Crippen molar-refractivity contribution in [2.45, 2.75) is 49.1 Å². The van der Waals surface area contributed by atoms with Crippen LogP contribution >= 0.6 is 31.1 Å². The minimum absolute atomic E-state index is 0.000624. The van der Waals surface area contributed by atoms with Gasteiger partial charge in [0, 0.05) is 7.11 Å². The molecule has 4 aromatic heterocycles. The molecule has 2 saturated heterocycles. The van der Waals surface area contributed by atoms with Gasteiger partial charge in [-0.3, -0.25) is 42.3 Å². The number of aliphatic hydroxyl groups is 2. The number of nitrogens with one attached hydrogen (secondary N) is 2. The van der Waals surface area contributed by atoms with Crippen LogP contribution in [-0.2, 0) is 61.9 Å². The number of nitrogen functional groups attached to an aromatic ring is 2. The molecule has 0 aliphatic carbocycles. The molecule has 58 heavy (non-hydrogen) atoms. The van der Waals surface area contributed by atoms with E-state index in [2.05, 4.69) is 38.1 Å². The van der Waals surface area contributed by atoms with Crippen LogP contribution in [0.15, 0.2) is 22.2 Å². The van der Waals surface area contributed by atoms with E-state index in [1.165, 1.54) is 17.9 Å². The lowest BCUT2D eigenvalue weighted by atomic mass is 10.1. The van der Waals surface area contributed by atoms with Crippen molar-refractivity contribution in [1.82, 2.24) is 34.1 Å². The number of aromatic nitrogens is 8. The molecule has 0 spiro atoms. The fourth-order valence-electron chi connectivity index (χ4n) is 6.09. The van der Waals surface area contributed by atoms with Gasteiger partial charge < -0.3 is 65.1 Å². The zero-order valence-corrected chi connectivity index (χ0v) is 32.9. The van der Waals surface area contributed by atoms with Crippen LogP contribution in [0.2, 0.25) is 0 Å². The number of hydrogen-bond donors (Lipinski definition) is 11. The van der Waals surface area contributed by atoms with Gasteiger partial charge in [0.15, 0.2) is 23.7 Å². The van der Waals surface area contributed by atoms with Gasteiger partial charge in [-0.25, -0.2) is 27.6 Å². The molecular weight excluding hydrogens is 876 g/mol. The molecule has 11 atom stereocenters. The second-order valence-electron chi connectivity index (χ2n) is 12.4. The molecule has 31 nitrogen and oxygen atoms in total. The number of aromatic amines is 2. The molecule has 0 saturated carbocycles. The van der Waals surface area contributed by atoms with Gasteiger partial charge in [0.2, 0.25) is 17.7 Å². The summed E-state index contributed by atoms with van der Waals surface area (Å²) in [5.41, 5.74) is 9.44.